The number of hydrogen-bond donors (Lipinski definition) is 0. The van der Waals surface area contributed by atoms with Crippen LogP contribution < -0.4 is 0 Å². The second-order valence-electron chi connectivity index (χ2n) is 11.4. The van der Waals surface area contributed by atoms with E-state index in [9.17, 15) is 0 Å². The Balaban J connectivity index is 1.39. The third kappa shape index (κ3) is 2.66. The van der Waals surface area contributed by atoms with Crippen molar-refractivity contribution in [3.05, 3.63) is 126 Å². The molecule has 6 aromatic carbocycles. The zero-order valence-corrected chi connectivity index (χ0v) is 21.8. The van der Waals surface area contributed by atoms with Crippen LogP contribution in [-0.4, -0.2) is 4.57 Å². The Labute approximate surface area is 225 Å². The van der Waals surface area contributed by atoms with Gasteiger partial charge in [0.15, 0.2) is 0 Å². The SMILES string of the molecule is CC1(C)c2ccccc2-c2cc3c(ccc4c3c3ccccc3n4-c3ccc4oc5ccccc5c4c3)cc21. The Morgan fingerprint density at radius 1 is 0.538 bits per heavy atom. The van der Waals surface area contributed by atoms with Crippen LogP contribution in [0.15, 0.2) is 120 Å². The monoisotopic (exact) mass is 499 g/mol. The van der Waals surface area contributed by atoms with Gasteiger partial charge in [0.25, 0.3) is 0 Å². The van der Waals surface area contributed by atoms with Gasteiger partial charge in [0.05, 0.1) is 11.0 Å². The summed E-state index contributed by atoms with van der Waals surface area (Å²) in [5.74, 6) is 0. The van der Waals surface area contributed by atoms with Gasteiger partial charge in [-0.15, -0.1) is 0 Å². The molecule has 2 nitrogen and oxygen atoms in total. The molecule has 0 radical (unpaired) electrons. The van der Waals surface area contributed by atoms with E-state index in [1.807, 2.05) is 12.1 Å². The van der Waals surface area contributed by atoms with Gasteiger partial charge >= 0.3 is 0 Å². The minimum absolute atomic E-state index is 0.00808. The number of furan rings is 1. The Morgan fingerprint density at radius 3 is 2.23 bits per heavy atom. The molecule has 0 bridgehead atoms. The van der Waals surface area contributed by atoms with E-state index in [4.69, 9.17) is 4.42 Å². The predicted molar refractivity (Wildman–Crippen MR) is 163 cm³/mol. The lowest BCUT2D eigenvalue weighted by molar-refractivity contribution is 0.661. The molecule has 0 amide bonds. The van der Waals surface area contributed by atoms with Crippen LogP contribution in [-0.2, 0) is 5.41 Å². The van der Waals surface area contributed by atoms with Gasteiger partial charge in [-0.25, -0.2) is 0 Å². The van der Waals surface area contributed by atoms with Crippen molar-refractivity contribution in [2.45, 2.75) is 19.3 Å². The summed E-state index contributed by atoms with van der Waals surface area (Å²) < 4.78 is 8.55. The largest absolute Gasteiger partial charge is 0.456 e. The summed E-state index contributed by atoms with van der Waals surface area (Å²) in [4.78, 5) is 0. The van der Waals surface area contributed by atoms with Crippen molar-refractivity contribution in [3.63, 3.8) is 0 Å². The van der Waals surface area contributed by atoms with Crippen molar-refractivity contribution in [2.75, 3.05) is 0 Å². The first-order chi connectivity index (χ1) is 19.1. The van der Waals surface area contributed by atoms with Crippen LogP contribution in [0.3, 0.4) is 0 Å². The maximum atomic E-state index is 6.14. The van der Waals surface area contributed by atoms with Crippen molar-refractivity contribution >= 4 is 54.5 Å². The van der Waals surface area contributed by atoms with Crippen molar-refractivity contribution in [1.82, 2.24) is 4.57 Å². The molecule has 0 unspecified atom stereocenters. The van der Waals surface area contributed by atoms with Crippen LogP contribution in [0.1, 0.15) is 25.0 Å². The molecule has 0 N–H and O–H groups in total. The Morgan fingerprint density at radius 2 is 1.31 bits per heavy atom. The molecule has 0 atom stereocenters. The quantitative estimate of drug-likeness (QED) is 0.220. The summed E-state index contributed by atoms with van der Waals surface area (Å²) in [5.41, 5.74) is 11.0. The molecule has 39 heavy (non-hydrogen) atoms. The average molecular weight is 500 g/mol. The number of benzene rings is 6. The van der Waals surface area contributed by atoms with Gasteiger partial charge in [-0.1, -0.05) is 80.6 Å². The molecule has 184 valence electrons. The number of aromatic nitrogens is 1. The van der Waals surface area contributed by atoms with E-state index in [1.54, 1.807) is 0 Å². The first kappa shape index (κ1) is 21.2. The van der Waals surface area contributed by atoms with Gasteiger partial charge in [0.2, 0.25) is 0 Å². The Bertz CT molecular complexity index is 2310. The lowest BCUT2D eigenvalue weighted by Gasteiger charge is -2.21. The number of fused-ring (bicyclic) bond motifs is 11. The minimum Gasteiger partial charge on any atom is -0.456 e. The highest BCUT2D eigenvalue weighted by Crippen LogP contribution is 2.51. The summed E-state index contributed by atoms with van der Waals surface area (Å²) in [6.07, 6.45) is 0. The second-order valence-corrected chi connectivity index (χ2v) is 11.4. The van der Waals surface area contributed by atoms with Crippen molar-refractivity contribution in [1.29, 1.82) is 0 Å². The van der Waals surface area contributed by atoms with E-state index in [0.717, 1.165) is 27.6 Å². The third-order valence-electron chi connectivity index (χ3n) is 8.97. The summed E-state index contributed by atoms with van der Waals surface area (Å²) in [5, 5.41) is 7.49. The fourth-order valence-corrected chi connectivity index (χ4v) is 7.12. The Hall–Kier alpha value is -4.82. The molecule has 2 heterocycles. The first-order valence-corrected chi connectivity index (χ1v) is 13.6. The number of rotatable bonds is 1. The standard InChI is InChI=1S/C37H25NO/c1-37(2)30-12-6-3-9-24(30)28-21-27-22(19-31(28)37)15-17-33-36(27)26-11-4-7-13-32(26)38(33)23-16-18-35-29(20-23)25-10-5-8-14-34(25)39-35/h3-21H,1-2H3. The van der Waals surface area contributed by atoms with Crippen molar-refractivity contribution in [2.24, 2.45) is 0 Å². The molecule has 0 aliphatic heterocycles. The first-order valence-electron chi connectivity index (χ1n) is 13.6. The van der Waals surface area contributed by atoms with Crippen LogP contribution in [0.25, 0.3) is 71.3 Å². The van der Waals surface area contributed by atoms with Gasteiger partial charge in [-0.2, -0.15) is 0 Å². The van der Waals surface area contributed by atoms with Gasteiger partial charge in [0.1, 0.15) is 11.2 Å². The second kappa shape index (κ2) is 7.18. The van der Waals surface area contributed by atoms with Crippen LogP contribution in [0.4, 0.5) is 0 Å². The zero-order valence-electron chi connectivity index (χ0n) is 21.8. The van der Waals surface area contributed by atoms with E-state index in [2.05, 4.69) is 122 Å². The molecule has 8 aromatic rings. The van der Waals surface area contributed by atoms with Crippen LogP contribution in [0.5, 0.6) is 0 Å². The van der Waals surface area contributed by atoms with E-state index < -0.39 is 0 Å². The van der Waals surface area contributed by atoms with E-state index in [0.29, 0.717) is 0 Å². The maximum Gasteiger partial charge on any atom is 0.135 e. The van der Waals surface area contributed by atoms with E-state index in [-0.39, 0.29) is 5.41 Å². The molecule has 1 aliphatic carbocycles. The van der Waals surface area contributed by atoms with Gasteiger partial charge in [-0.05, 0) is 81.6 Å². The highest BCUT2D eigenvalue weighted by atomic mass is 16.3. The van der Waals surface area contributed by atoms with Gasteiger partial charge in [-0.3, -0.25) is 0 Å². The molecule has 0 spiro atoms. The lowest BCUT2D eigenvalue weighted by Crippen LogP contribution is -2.14. The number of nitrogens with zero attached hydrogens (tertiary/aromatic N) is 1. The minimum atomic E-state index is -0.00808. The molecule has 9 rings (SSSR count). The summed E-state index contributed by atoms with van der Waals surface area (Å²) in [6.45, 7) is 4.70. The average Bonchev–Trinajstić information content (AvgIpc) is 3.58. The highest BCUT2D eigenvalue weighted by molar-refractivity contribution is 6.22. The fourth-order valence-electron chi connectivity index (χ4n) is 7.12. The molecular weight excluding hydrogens is 474 g/mol. The van der Waals surface area contributed by atoms with Crippen LogP contribution in [0, 0.1) is 0 Å². The highest BCUT2D eigenvalue weighted by Gasteiger charge is 2.35. The molecule has 2 aromatic heterocycles. The lowest BCUT2D eigenvalue weighted by atomic mass is 9.82. The van der Waals surface area contributed by atoms with E-state index >= 15 is 0 Å². The molecular formula is C37H25NO. The maximum absolute atomic E-state index is 6.14. The number of para-hydroxylation sites is 2. The smallest absolute Gasteiger partial charge is 0.135 e. The molecule has 0 fully saturated rings. The van der Waals surface area contributed by atoms with Gasteiger partial charge < -0.3 is 8.98 Å². The van der Waals surface area contributed by atoms with Crippen molar-refractivity contribution < 1.29 is 4.42 Å². The molecule has 2 heteroatoms. The number of hydrogen-bond acceptors (Lipinski definition) is 1. The summed E-state index contributed by atoms with van der Waals surface area (Å²) in [6, 6.07) is 42.0. The Kier molecular flexibility index (Phi) is 3.89. The molecule has 0 saturated carbocycles. The van der Waals surface area contributed by atoms with E-state index in [1.165, 1.54) is 54.8 Å². The zero-order chi connectivity index (χ0) is 25.9. The fraction of sp³-hybridized carbons (Fsp3) is 0.0811. The van der Waals surface area contributed by atoms with Crippen LogP contribution in [0.2, 0.25) is 0 Å². The van der Waals surface area contributed by atoms with Crippen LogP contribution >= 0.6 is 0 Å². The topological polar surface area (TPSA) is 18.1 Å². The molecule has 0 saturated heterocycles. The predicted octanol–water partition coefficient (Wildman–Crippen LogP) is 10.1. The summed E-state index contributed by atoms with van der Waals surface area (Å²) in [7, 11) is 0. The summed E-state index contributed by atoms with van der Waals surface area (Å²) >= 11 is 0. The van der Waals surface area contributed by atoms with Crippen molar-refractivity contribution in [3.8, 4) is 16.8 Å². The normalized spacial score (nSPS) is 14.1. The molecule has 1 aliphatic rings. The van der Waals surface area contributed by atoms with Gasteiger partial charge in [0, 0.05) is 32.6 Å². The third-order valence-corrected chi connectivity index (χ3v) is 8.97.